The number of hydrogen-bond acceptors (Lipinski definition) is 4. The van der Waals surface area contributed by atoms with Crippen LogP contribution in [0.3, 0.4) is 0 Å². The van der Waals surface area contributed by atoms with Gasteiger partial charge in [0.1, 0.15) is 0 Å². The van der Waals surface area contributed by atoms with E-state index < -0.39 is 0 Å². The lowest BCUT2D eigenvalue weighted by Crippen LogP contribution is -2.00. The number of benzene rings is 1. The van der Waals surface area contributed by atoms with Crippen molar-refractivity contribution < 1.29 is 9.47 Å². The molecule has 0 bridgehead atoms. The zero-order chi connectivity index (χ0) is 13.0. The Labute approximate surface area is 106 Å². The van der Waals surface area contributed by atoms with Crippen LogP contribution in [0.25, 0.3) is 0 Å². The molecule has 0 saturated heterocycles. The molecule has 0 amide bonds. The Bertz CT molecular complexity index is 541. The van der Waals surface area contributed by atoms with Crippen molar-refractivity contribution in [2.24, 2.45) is 5.73 Å². The average Bonchev–Trinajstić information content (AvgIpc) is 2.41. The van der Waals surface area contributed by atoms with Gasteiger partial charge in [0.15, 0.2) is 11.5 Å². The summed E-state index contributed by atoms with van der Waals surface area (Å²) in [6.07, 6.45) is 0. The first-order chi connectivity index (χ1) is 8.72. The third-order valence-corrected chi connectivity index (χ3v) is 2.52. The fourth-order valence-corrected chi connectivity index (χ4v) is 1.60. The fourth-order valence-electron chi connectivity index (χ4n) is 1.60. The van der Waals surface area contributed by atoms with E-state index >= 15 is 0 Å². The number of ether oxygens (including phenoxy) is 2. The quantitative estimate of drug-likeness (QED) is 0.898. The van der Waals surface area contributed by atoms with Crippen molar-refractivity contribution in [2.45, 2.75) is 13.5 Å². The molecule has 2 rings (SSSR count). The number of nitrogens with two attached hydrogens (primary N) is 1. The maximum atomic E-state index is 5.71. The van der Waals surface area contributed by atoms with Gasteiger partial charge in [-0.2, -0.15) is 0 Å². The maximum Gasteiger partial charge on any atom is 0.219 e. The monoisotopic (exact) mass is 244 g/mol. The molecule has 94 valence electrons. The van der Waals surface area contributed by atoms with Gasteiger partial charge >= 0.3 is 0 Å². The molecule has 2 aromatic rings. The zero-order valence-corrected chi connectivity index (χ0v) is 10.5. The van der Waals surface area contributed by atoms with Gasteiger partial charge in [-0.1, -0.05) is 12.1 Å². The molecule has 18 heavy (non-hydrogen) atoms. The molecule has 2 N–H and O–H groups in total. The summed E-state index contributed by atoms with van der Waals surface area (Å²) in [7, 11) is 1.62. The molecule has 0 aliphatic carbocycles. The summed E-state index contributed by atoms with van der Waals surface area (Å²) in [6.45, 7) is 2.39. The van der Waals surface area contributed by atoms with Gasteiger partial charge in [0.05, 0.1) is 12.8 Å². The van der Waals surface area contributed by atoms with Crippen molar-refractivity contribution in [1.82, 2.24) is 4.98 Å². The molecular weight excluding hydrogens is 228 g/mol. The largest absolute Gasteiger partial charge is 0.493 e. The van der Waals surface area contributed by atoms with Crippen molar-refractivity contribution in [3.63, 3.8) is 0 Å². The number of nitrogens with zero attached hydrogens (tertiary/aromatic N) is 1. The second-order valence-electron chi connectivity index (χ2n) is 3.93. The summed E-state index contributed by atoms with van der Waals surface area (Å²) in [4.78, 5) is 4.28. The Morgan fingerprint density at radius 3 is 2.72 bits per heavy atom. The molecule has 1 aromatic carbocycles. The number of pyridine rings is 1. The molecule has 0 spiro atoms. The van der Waals surface area contributed by atoms with Crippen LogP contribution >= 0.6 is 0 Å². The summed E-state index contributed by atoms with van der Waals surface area (Å²) in [5.41, 5.74) is 7.45. The van der Waals surface area contributed by atoms with Crippen molar-refractivity contribution in [2.75, 3.05) is 7.11 Å². The Balaban J connectivity index is 2.27. The van der Waals surface area contributed by atoms with E-state index in [9.17, 15) is 0 Å². The van der Waals surface area contributed by atoms with Crippen LogP contribution in [0.2, 0.25) is 0 Å². The van der Waals surface area contributed by atoms with E-state index in [0.717, 1.165) is 11.3 Å². The normalized spacial score (nSPS) is 10.2. The Morgan fingerprint density at radius 1 is 1.17 bits per heavy atom. The predicted octanol–water partition coefficient (Wildman–Crippen LogP) is 2.65. The van der Waals surface area contributed by atoms with Crippen LogP contribution in [0.1, 0.15) is 11.3 Å². The molecule has 0 unspecified atom stereocenters. The number of hydrogen-bond donors (Lipinski definition) is 1. The highest BCUT2D eigenvalue weighted by Gasteiger charge is 2.06. The van der Waals surface area contributed by atoms with E-state index in [1.807, 2.05) is 37.3 Å². The van der Waals surface area contributed by atoms with Crippen LogP contribution in [0.15, 0.2) is 36.4 Å². The Kier molecular flexibility index (Phi) is 3.79. The minimum Gasteiger partial charge on any atom is -0.493 e. The molecular formula is C14H16N2O2. The average molecular weight is 244 g/mol. The van der Waals surface area contributed by atoms with Gasteiger partial charge in [-0.25, -0.2) is 4.98 Å². The number of methoxy groups -OCH3 is 1. The molecule has 0 radical (unpaired) electrons. The summed E-state index contributed by atoms with van der Waals surface area (Å²) in [5.74, 6) is 1.85. The molecule has 4 nitrogen and oxygen atoms in total. The Morgan fingerprint density at radius 2 is 2.00 bits per heavy atom. The summed E-state index contributed by atoms with van der Waals surface area (Å²) in [5, 5.41) is 0. The lowest BCUT2D eigenvalue weighted by atomic mass is 10.2. The molecule has 1 heterocycles. The number of rotatable bonds is 4. The van der Waals surface area contributed by atoms with Gasteiger partial charge < -0.3 is 15.2 Å². The highest BCUT2D eigenvalue weighted by atomic mass is 16.5. The molecule has 0 aliphatic rings. The fraction of sp³-hybridized carbons (Fsp3) is 0.214. The molecule has 1 aromatic heterocycles. The van der Waals surface area contributed by atoms with Gasteiger partial charge in [-0.15, -0.1) is 0 Å². The first-order valence-electron chi connectivity index (χ1n) is 5.71. The third kappa shape index (κ3) is 2.78. The van der Waals surface area contributed by atoms with Crippen LogP contribution in [-0.4, -0.2) is 12.1 Å². The van der Waals surface area contributed by atoms with Crippen molar-refractivity contribution in [3.05, 3.63) is 47.7 Å². The smallest absolute Gasteiger partial charge is 0.219 e. The van der Waals surface area contributed by atoms with Crippen LogP contribution < -0.4 is 15.2 Å². The molecule has 0 aliphatic heterocycles. The van der Waals surface area contributed by atoms with Gasteiger partial charge in [-0.3, -0.25) is 0 Å². The van der Waals surface area contributed by atoms with E-state index in [4.69, 9.17) is 15.2 Å². The molecule has 0 fully saturated rings. The second kappa shape index (κ2) is 5.51. The van der Waals surface area contributed by atoms with Crippen molar-refractivity contribution in [1.29, 1.82) is 0 Å². The second-order valence-corrected chi connectivity index (χ2v) is 3.93. The molecule has 4 heteroatoms. The SMILES string of the molecule is COc1cc(C)ccc1Oc1cccc(CN)n1. The van der Waals surface area contributed by atoms with Crippen LogP contribution in [0.5, 0.6) is 17.4 Å². The highest BCUT2D eigenvalue weighted by Crippen LogP contribution is 2.31. The summed E-state index contributed by atoms with van der Waals surface area (Å²) in [6, 6.07) is 11.3. The first kappa shape index (κ1) is 12.4. The predicted molar refractivity (Wildman–Crippen MR) is 69.9 cm³/mol. The minimum atomic E-state index is 0.391. The maximum absolute atomic E-state index is 5.71. The number of aromatic nitrogens is 1. The topological polar surface area (TPSA) is 57.4 Å². The van der Waals surface area contributed by atoms with E-state index in [1.54, 1.807) is 13.2 Å². The van der Waals surface area contributed by atoms with E-state index in [-0.39, 0.29) is 0 Å². The lowest BCUT2D eigenvalue weighted by Gasteiger charge is -2.10. The van der Waals surface area contributed by atoms with E-state index in [0.29, 0.717) is 23.9 Å². The first-order valence-corrected chi connectivity index (χ1v) is 5.71. The lowest BCUT2D eigenvalue weighted by molar-refractivity contribution is 0.373. The van der Waals surface area contributed by atoms with Gasteiger partial charge in [-0.05, 0) is 30.7 Å². The van der Waals surface area contributed by atoms with Gasteiger partial charge in [0.25, 0.3) is 0 Å². The van der Waals surface area contributed by atoms with Crippen LogP contribution in [-0.2, 0) is 6.54 Å². The number of aryl methyl sites for hydroxylation is 1. The van der Waals surface area contributed by atoms with Gasteiger partial charge in [0, 0.05) is 12.6 Å². The van der Waals surface area contributed by atoms with E-state index in [2.05, 4.69) is 4.98 Å². The summed E-state index contributed by atoms with van der Waals surface area (Å²) < 4.78 is 11.0. The Hall–Kier alpha value is -2.07. The molecule has 0 atom stereocenters. The van der Waals surface area contributed by atoms with Crippen molar-refractivity contribution in [3.8, 4) is 17.4 Å². The zero-order valence-electron chi connectivity index (χ0n) is 10.5. The van der Waals surface area contributed by atoms with Crippen LogP contribution in [0.4, 0.5) is 0 Å². The third-order valence-electron chi connectivity index (χ3n) is 2.52. The highest BCUT2D eigenvalue weighted by molar-refractivity contribution is 5.44. The summed E-state index contributed by atoms with van der Waals surface area (Å²) >= 11 is 0. The standard InChI is InChI=1S/C14H16N2O2/c1-10-6-7-12(13(8-10)17-2)18-14-5-3-4-11(9-15)16-14/h3-8H,9,15H2,1-2H3. The van der Waals surface area contributed by atoms with Crippen molar-refractivity contribution >= 4 is 0 Å². The van der Waals surface area contributed by atoms with Crippen LogP contribution in [0, 0.1) is 6.92 Å². The van der Waals surface area contributed by atoms with E-state index in [1.165, 1.54) is 0 Å². The minimum absolute atomic E-state index is 0.391. The van der Waals surface area contributed by atoms with Gasteiger partial charge in [0.2, 0.25) is 5.88 Å². The molecule has 0 saturated carbocycles.